The molecule has 0 fully saturated rings. The van der Waals surface area contributed by atoms with Gasteiger partial charge in [-0.25, -0.2) is 19.1 Å². The molecule has 0 aliphatic rings. The average Bonchev–Trinajstić information content (AvgIpc) is 3.09. The lowest BCUT2D eigenvalue weighted by molar-refractivity contribution is -0.654. The number of nitrogens with one attached hydrogen (secondary N) is 2. The van der Waals surface area contributed by atoms with Crippen LogP contribution in [0.3, 0.4) is 0 Å². The Labute approximate surface area is 219 Å². The zero-order valence-corrected chi connectivity index (χ0v) is 21.9. The number of fused-ring (bicyclic) bond motifs is 1. The third-order valence-electron chi connectivity index (χ3n) is 5.43. The van der Waals surface area contributed by atoms with Crippen LogP contribution in [0.15, 0.2) is 18.2 Å². The van der Waals surface area contributed by atoms with Crippen molar-refractivity contribution in [3.8, 4) is 0 Å². The summed E-state index contributed by atoms with van der Waals surface area (Å²) in [6, 6.07) is 4.38. The monoisotopic (exact) mass is 615 g/mol. The maximum atomic E-state index is 12.8. The van der Waals surface area contributed by atoms with Crippen molar-refractivity contribution < 1.29 is 24.1 Å². The lowest BCUT2D eigenvalue weighted by atomic mass is 10.1. The number of hydrogen-bond acceptors (Lipinski definition) is 8. The summed E-state index contributed by atoms with van der Waals surface area (Å²) in [7, 11) is 1.84. The summed E-state index contributed by atoms with van der Waals surface area (Å²) in [5.41, 5.74) is 13.2. The number of hydrogen-bond donors (Lipinski definition) is 5. The van der Waals surface area contributed by atoms with Crippen molar-refractivity contribution in [2.75, 3.05) is 18.1 Å². The van der Waals surface area contributed by atoms with Gasteiger partial charge >= 0.3 is 0 Å². The number of aryl methyl sites for hydroxylation is 2. The van der Waals surface area contributed by atoms with Crippen LogP contribution in [-0.4, -0.2) is 47.9 Å². The van der Waals surface area contributed by atoms with Crippen molar-refractivity contribution >= 4 is 72.5 Å². The number of amides is 2. The fraction of sp³-hybridized carbons (Fsp3) is 0.333. The molecule has 1 aromatic carbocycles. The first-order valence-electron chi connectivity index (χ1n) is 10.6. The fourth-order valence-corrected chi connectivity index (χ4v) is 4.25. The Morgan fingerprint density at radius 3 is 2.57 bits per heavy atom. The molecule has 2 aromatic heterocycles. The highest BCUT2D eigenvalue weighted by atomic mass is 127. The zero-order valence-electron chi connectivity index (χ0n) is 19.0. The van der Waals surface area contributed by atoms with E-state index in [2.05, 4.69) is 20.6 Å². The number of imidazole rings is 1. The molecule has 0 aliphatic carbocycles. The maximum absolute atomic E-state index is 12.8. The van der Waals surface area contributed by atoms with E-state index in [4.69, 9.17) is 28.2 Å². The first kappa shape index (κ1) is 26.6. The predicted octanol–water partition coefficient (Wildman–Crippen LogP) is 0.466. The van der Waals surface area contributed by atoms with Crippen LogP contribution in [0, 0.1) is 0 Å². The van der Waals surface area contributed by atoms with Gasteiger partial charge in [0, 0.05) is 40.8 Å². The van der Waals surface area contributed by atoms with E-state index in [0.717, 1.165) is 16.9 Å². The minimum atomic E-state index is -0.777. The largest absolute Gasteiger partial charge is 0.396 e. The van der Waals surface area contributed by atoms with Gasteiger partial charge in [0.1, 0.15) is 12.6 Å². The van der Waals surface area contributed by atoms with Crippen LogP contribution in [0.5, 0.6) is 0 Å². The summed E-state index contributed by atoms with van der Waals surface area (Å²) in [6.45, 7) is 2.40. The summed E-state index contributed by atoms with van der Waals surface area (Å²) >= 11 is 7.47. The maximum Gasteiger partial charge on any atom is 0.276 e. The number of nitrogen functional groups attached to an aromatic ring is 2. The molecule has 7 N–H and O–H groups in total. The second-order valence-electron chi connectivity index (χ2n) is 7.58. The van der Waals surface area contributed by atoms with Crippen LogP contribution >= 0.6 is 34.2 Å². The standard InChI is InChI=1S/C21H24ClIN8O4/c1-3-31-13-8-10(20(34)27-11(6-7-32)17(23)33)4-5-12(13)30(2)14(31)9-26-21(35)15-18(24)29-19(25)16(22)28-15/h4-5,8,11,32H,3,6-7,9H2,1-2H3,(H5-,24,25,26,27,29,34,35)/p+1/t11-/m0/s1. The van der Waals surface area contributed by atoms with Crippen LogP contribution in [-0.2, 0) is 24.9 Å². The minimum Gasteiger partial charge on any atom is -0.396 e. The first-order valence-corrected chi connectivity index (χ1v) is 12.0. The topological polar surface area (TPSA) is 182 Å². The van der Waals surface area contributed by atoms with E-state index in [-0.39, 0.29) is 45.8 Å². The SMILES string of the molecule is CCn1c(CNC(=O)c2nc(Cl)c(N)nc2N)[n+](C)c2ccc(C(=O)N[C@@H](CCO)C(=O)I)cc21. The van der Waals surface area contributed by atoms with Gasteiger partial charge in [-0.3, -0.25) is 14.4 Å². The second kappa shape index (κ2) is 11.1. The van der Waals surface area contributed by atoms with Crippen LogP contribution in [0.2, 0.25) is 5.15 Å². The molecule has 2 amide bonds. The molecule has 3 aromatic rings. The van der Waals surface area contributed by atoms with Gasteiger partial charge in [-0.05, 0) is 25.5 Å². The molecule has 0 saturated heterocycles. The zero-order chi connectivity index (χ0) is 25.9. The number of aliphatic hydroxyl groups excluding tert-OH is 1. The number of aliphatic hydroxyl groups is 1. The molecule has 186 valence electrons. The van der Waals surface area contributed by atoms with Gasteiger partial charge in [0.25, 0.3) is 17.6 Å². The lowest BCUT2D eigenvalue weighted by Crippen LogP contribution is -2.39. The van der Waals surface area contributed by atoms with Gasteiger partial charge in [0.15, 0.2) is 33.5 Å². The van der Waals surface area contributed by atoms with E-state index in [0.29, 0.717) is 12.1 Å². The summed E-state index contributed by atoms with van der Waals surface area (Å²) in [5.74, 6) is -0.440. The van der Waals surface area contributed by atoms with E-state index < -0.39 is 17.9 Å². The smallest absolute Gasteiger partial charge is 0.276 e. The number of anilines is 2. The number of aromatic nitrogens is 4. The molecule has 0 radical (unpaired) electrons. The van der Waals surface area contributed by atoms with Crippen molar-refractivity contribution in [2.45, 2.75) is 32.5 Å². The van der Waals surface area contributed by atoms with Gasteiger partial charge < -0.3 is 27.2 Å². The Kier molecular flexibility index (Phi) is 8.45. The highest BCUT2D eigenvalue weighted by molar-refractivity contribution is 14.1. The van der Waals surface area contributed by atoms with Crippen molar-refractivity contribution in [1.82, 2.24) is 25.2 Å². The van der Waals surface area contributed by atoms with Gasteiger partial charge in [0.05, 0.1) is 13.6 Å². The lowest BCUT2D eigenvalue weighted by Gasteiger charge is -2.13. The molecular weight excluding hydrogens is 591 g/mol. The Morgan fingerprint density at radius 2 is 1.94 bits per heavy atom. The quantitative estimate of drug-likeness (QED) is 0.131. The minimum absolute atomic E-state index is 0.0661. The molecule has 3 rings (SSSR count). The van der Waals surface area contributed by atoms with Gasteiger partial charge in [0.2, 0.25) is 3.79 Å². The predicted molar refractivity (Wildman–Crippen MR) is 138 cm³/mol. The Balaban J connectivity index is 1.88. The van der Waals surface area contributed by atoms with E-state index in [1.807, 2.05) is 23.1 Å². The molecule has 14 heteroatoms. The van der Waals surface area contributed by atoms with E-state index in [1.54, 1.807) is 40.8 Å². The molecule has 12 nitrogen and oxygen atoms in total. The molecule has 0 spiro atoms. The summed E-state index contributed by atoms with van der Waals surface area (Å²) < 4.78 is 3.58. The van der Waals surface area contributed by atoms with Crippen molar-refractivity contribution in [1.29, 1.82) is 0 Å². The molecular formula is C21H25ClIN8O4+. The van der Waals surface area contributed by atoms with E-state index >= 15 is 0 Å². The number of benzene rings is 1. The average molecular weight is 616 g/mol. The highest BCUT2D eigenvalue weighted by Crippen LogP contribution is 2.19. The number of rotatable bonds is 9. The van der Waals surface area contributed by atoms with Crippen molar-refractivity contribution in [3.05, 3.63) is 40.4 Å². The molecule has 35 heavy (non-hydrogen) atoms. The highest BCUT2D eigenvalue weighted by Gasteiger charge is 2.26. The van der Waals surface area contributed by atoms with Gasteiger partial charge in [-0.1, -0.05) is 11.6 Å². The van der Waals surface area contributed by atoms with Gasteiger partial charge in [-0.2, -0.15) is 0 Å². The molecule has 2 heterocycles. The summed E-state index contributed by atoms with van der Waals surface area (Å²) in [6.07, 6.45) is 0.133. The molecule has 0 saturated carbocycles. The second-order valence-corrected chi connectivity index (χ2v) is 9.00. The van der Waals surface area contributed by atoms with Crippen molar-refractivity contribution in [2.24, 2.45) is 7.05 Å². The van der Waals surface area contributed by atoms with Crippen LogP contribution in [0.4, 0.5) is 11.6 Å². The number of nitrogens with two attached hydrogens (primary N) is 2. The van der Waals surface area contributed by atoms with E-state index in [9.17, 15) is 14.4 Å². The molecule has 0 aliphatic heterocycles. The Hall–Kier alpha value is -3.04. The summed E-state index contributed by atoms with van der Waals surface area (Å²) in [4.78, 5) is 44.9. The number of nitrogens with zero attached hydrogens (tertiary/aromatic N) is 4. The summed E-state index contributed by atoms with van der Waals surface area (Å²) in [5, 5.41) is 14.5. The van der Waals surface area contributed by atoms with Crippen LogP contribution in [0.1, 0.15) is 40.0 Å². The first-order chi connectivity index (χ1) is 16.6. The normalized spacial score (nSPS) is 11.9. The van der Waals surface area contributed by atoms with Crippen LogP contribution < -0.4 is 26.7 Å². The number of halogens is 2. The van der Waals surface area contributed by atoms with Gasteiger partial charge in [-0.15, -0.1) is 0 Å². The number of carbonyl (C=O) groups is 3. The fourth-order valence-electron chi connectivity index (χ4n) is 3.66. The Bertz CT molecular complexity index is 1310. The third kappa shape index (κ3) is 5.62. The molecule has 0 unspecified atom stereocenters. The van der Waals surface area contributed by atoms with Crippen LogP contribution in [0.25, 0.3) is 11.0 Å². The molecule has 1 atom stereocenters. The van der Waals surface area contributed by atoms with Crippen molar-refractivity contribution in [3.63, 3.8) is 0 Å². The number of carbonyl (C=O) groups excluding carboxylic acids is 3. The van der Waals surface area contributed by atoms with E-state index in [1.165, 1.54) is 0 Å². The third-order valence-corrected chi connectivity index (χ3v) is 6.46. The molecule has 0 bridgehead atoms. The Morgan fingerprint density at radius 1 is 1.23 bits per heavy atom.